The number of carbonyl (C=O) groups is 1. The lowest BCUT2D eigenvalue weighted by Crippen LogP contribution is -2.44. The molecule has 1 saturated carbocycles. The fourth-order valence-corrected chi connectivity index (χ4v) is 3.40. The Morgan fingerprint density at radius 1 is 1.35 bits per heavy atom. The molecule has 0 aliphatic heterocycles. The van der Waals surface area contributed by atoms with Gasteiger partial charge < -0.3 is 15.5 Å². The van der Waals surface area contributed by atoms with Crippen molar-refractivity contribution in [2.45, 2.75) is 51.7 Å². The van der Waals surface area contributed by atoms with Crippen LogP contribution in [-0.4, -0.2) is 28.3 Å². The lowest BCUT2D eigenvalue weighted by molar-refractivity contribution is -0.0244. The first kappa shape index (κ1) is 15.5. The molecule has 1 aromatic heterocycles. The normalized spacial score (nSPS) is 20.8. The van der Waals surface area contributed by atoms with E-state index in [1.165, 1.54) is 11.3 Å². The number of aromatic carboxylic acids is 1. The quantitative estimate of drug-likeness (QED) is 0.781. The molecule has 1 aliphatic rings. The van der Waals surface area contributed by atoms with Gasteiger partial charge in [0.25, 0.3) is 0 Å². The molecule has 0 aromatic carbocycles. The van der Waals surface area contributed by atoms with Crippen molar-refractivity contribution in [2.24, 2.45) is 5.41 Å². The lowest BCUT2D eigenvalue weighted by Gasteiger charge is -2.40. The third kappa shape index (κ3) is 4.04. The van der Waals surface area contributed by atoms with E-state index in [1.807, 2.05) is 0 Å². The summed E-state index contributed by atoms with van der Waals surface area (Å²) in [6.07, 6.45) is 3.76. The largest absolute Gasteiger partial charge is 0.478 e. The third-order valence-electron chi connectivity index (χ3n) is 4.19. The smallest absolute Gasteiger partial charge is 0.336 e. The number of aliphatic hydroxyl groups is 1. The van der Waals surface area contributed by atoms with Crippen molar-refractivity contribution in [2.75, 3.05) is 6.54 Å². The topological polar surface area (TPSA) is 69.6 Å². The van der Waals surface area contributed by atoms with Gasteiger partial charge in [-0.3, -0.25) is 0 Å². The Kier molecular flexibility index (Phi) is 4.52. The van der Waals surface area contributed by atoms with E-state index in [1.54, 1.807) is 11.4 Å². The van der Waals surface area contributed by atoms with Crippen LogP contribution in [-0.2, 0) is 6.54 Å². The number of rotatable bonds is 5. The number of carboxylic acid groups (broad SMARTS) is 1. The lowest BCUT2D eigenvalue weighted by atomic mass is 9.71. The number of carboxylic acids is 1. The molecule has 0 saturated heterocycles. The first-order valence-corrected chi connectivity index (χ1v) is 7.92. The number of hydrogen-bond acceptors (Lipinski definition) is 4. The van der Waals surface area contributed by atoms with Crippen LogP contribution in [0.25, 0.3) is 0 Å². The van der Waals surface area contributed by atoms with Crippen molar-refractivity contribution in [3.05, 3.63) is 21.9 Å². The zero-order valence-electron chi connectivity index (χ0n) is 12.1. The van der Waals surface area contributed by atoms with E-state index in [0.717, 1.165) is 30.6 Å². The molecule has 0 bridgehead atoms. The molecule has 0 unspecified atom stereocenters. The van der Waals surface area contributed by atoms with Crippen LogP contribution in [0.5, 0.6) is 0 Å². The highest BCUT2D eigenvalue weighted by atomic mass is 32.1. The standard InChI is InChI=1S/C15H23NO3S/c1-14(2)3-5-15(19,6-4-14)10-16-8-12-7-11(9-20-12)13(17)18/h7,9,16,19H,3-6,8,10H2,1-2H3,(H,17,18). The molecule has 112 valence electrons. The molecule has 20 heavy (non-hydrogen) atoms. The van der Waals surface area contributed by atoms with Gasteiger partial charge >= 0.3 is 5.97 Å². The number of nitrogens with one attached hydrogen (secondary N) is 1. The Labute approximate surface area is 123 Å². The van der Waals surface area contributed by atoms with Crippen LogP contribution < -0.4 is 5.32 Å². The van der Waals surface area contributed by atoms with Crippen molar-refractivity contribution >= 4 is 17.3 Å². The van der Waals surface area contributed by atoms with Crippen LogP contribution in [0.3, 0.4) is 0 Å². The Morgan fingerprint density at radius 2 is 2.00 bits per heavy atom. The first-order chi connectivity index (χ1) is 9.30. The second-order valence-electron chi connectivity index (χ2n) is 6.60. The van der Waals surface area contributed by atoms with Crippen LogP contribution in [0, 0.1) is 5.41 Å². The zero-order chi connectivity index (χ0) is 14.8. The summed E-state index contributed by atoms with van der Waals surface area (Å²) in [6, 6.07) is 1.69. The predicted octanol–water partition coefficient (Wildman–Crippen LogP) is 2.87. The second kappa shape index (κ2) is 5.84. The average Bonchev–Trinajstić information content (AvgIpc) is 2.83. The minimum Gasteiger partial charge on any atom is -0.478 e. The zero-order valence-corrected chi connectivity index (χ0v) is 12.9. The van der Waals surface area contributed by atoms with Gasteiger partial charge in [0.15, 0.2) is 0 Å². The maximum Gasteiger partial charge on any atom is 0.336 e. The molecule has 0 amide bonds. The van der Waals surface area contributed by atoms with Gasteiger partial charge in [0.2, 0.25) is 0 Å². The summed E-state index contributed by atoms with van der Waals surface area (Å²) in [7, 11) is 0. The summed E-state index contributed by atoms with van der Waals surface area (Å²) in [5.74, 6) is -0.888. The molecule has 0 radical (unpaired) electrons. The van der Waals surface area contributed by atoms with Gasteiger partial charge in [0, 0.05) is 23.3 Å². The molecule has 1 aliphatic carbocycles. The van der Waals surface area contributed by atoms with E-state index in [4.69, 9.17) is 5.11 Å². The molecule has 1 fully saturated rings. The molecule has 2 rings (SSSR count). The number of thiophene rings is 1. The van der Waals surface area contributed by atoms with Crippen molar-refractivity contribution in [3.8, 4) is 0 Å². The van der Waals surface area contributed by atoms with Gasteiger partial charge in [0.1, 0.15) is 0 Å². The van der Waals surface area contributed by atoms with E-state index in [0.29, 0.717) is 24.1 Å². The van der Waals surface area contributed by atoms with Gasteiger partial charge in [-0.25, -0.2) is 4.79 Å². The Bertz CT molecular complexity index is 471. The second-order valence-corrected chi connectivity index (χ2v) is 7.59. The highest BCUT2D eigenvalue weighted by Crippen LogP contribution is 2.39. The molecular weight excluding hydrogens is 274 g/mol. The van der Waals surface area contributed by atoms with Crippen LogP contribution in [0.4, 0.5) is 0 Å². The van der Waals surface area contributed by atoms with E-state index in [9.17, 15) is 9.90 Å². The summed E-state index contributed by atoms with van der Waals surface area (Å²) >= 11 is 1.44. The summed E-state index contributed by atoms with van der Waals surface area (Å²) < 4.78 is 0. The Hall–Kier alpha value is -0.910. The van der Waals surface area contributed by atoms with Crippen LogP contribution in [0.15, 0.2) is 11.4 Å². The molecular formula is C15H23NO3S. The van der Waals surface area contributed by atoms with Crippen molar-refractivity contribution in [1.82, 2.24) is 5.32 Å². The fraction of sp³-hybridized carbons (Fsp3) is 0.667. The summed E-state index contributed by atoms with van der Waals surface area (Å²) in [6.45, 7) is 5.69. The molecule has 1 aromatic rings. The van der Waals surface area contributed by atoms with E-state index >= 15 is 0 Å². The summed E-state index contributed by atoms with van der Waals surface area (Å²) in [5, 5.41) is 24.3. The van der Waals surface area contributed by atoms with Crippen LogP contribution in [0.1, 0.15) is 54.8 Å². The highest BCUT2D eigenvalue weighted by molar-refractivity contribution is 7.10. The monoisotopic (exact) mass is 297 g/mol. The van der Waals surface area contributed by atoms with E-state index < -0.39 is 11.6 Å². The van der Waals surface area contributed by atoms with Gasteiger partial charge in [-0.05, 0) is 37.2 Å². The molecule has 3 N–H and O–H groups in total. The maximum absolute atomic E-state index is 10.8. The summed E-state index contributed by atoms with van der Waals surface area (Å²) in [4.78, 5) is 11.8. The van der Waals surface area contributed by atoms with Gasteiger partial charge in [0.05, 0.1) is 11.2 Å². The minimum atomic E-state index is -0.888. The van der Waals surface area contributed by atoms with E-state index in [2.05, 4.69) is 19.2 Å². The predicted molar refractivity (Wildman–Crippen MR) is 80.2 cm³/mol. The Balaban J connectivity index is 1.79. The van der Waals surface area contributed by atoms with Gasteiger partial charge in [-0.15, -0.1) is 11.3 Å². The molecule has 4 nitrogen and oxygen atoms in total. The molecule has 1 heterocycles. The van der Waals surface area contributed by atoms with Crippen LogP contribution in [0.2, 0.25) is 0 Å². The molecule has 0 spiro atoms. The third-order valence-corrected chi connectivity index (χ3v) is 5.12. The molecule has 0 atom stereocenters. The van der Waals surface area contributed by atoms with Crippen molar-refractivity contribution < 1.29 is 15.0 Å². The Morgan fingerprint density at radius 3 is 2.55 bits per heavy atom. The first-order valence-electron chi connectivity index (χ1n) is 7.04. The van der Waals surface area contributed by atoms with Crippen molar-refractivity contribution in [3.63, 3.8) is 0 Å². The minimum absolute atomic E-state index is 0.338. The molecule has 5 heteroatoms. The fourth-order valence-electron chi connectivity index (χ4n) is 2.57. The van der Waals surface area contributed by atoms with E-state index in [-0.39, 0.29) is 0 Å². The number of hydrogen-bond donors (Lipinski definition) is 3. The van der Waals surface area contributed by atoms with Gasteiger partial charge in [-0.2, -0.15) is 0 Å². The van der Waals surface area contributed by atoms with Gasteiger partial charge in [-0.1, -0.05) is 13.8 Å². The average molecular weight is 297 g/mol. The van der Waals surface area contributed by atoms with Crippen LogP contribution >= 0.6 is 11.3 Å². The van der Waals surface area contributed by atoms with Crippen molar-refractivity contribution in [1.29, 1.82) is 0 Å². The highest BCUT2D eigenvalue weighted by Gasteiger charge is 2.36. The summed E-state index contributed by atoms with van der Waals surface area (Å²) in [5.41, 5.74) is 0.0728. The maximum atomic E-state index is 10.8. The SMILES string of the molecule is CC1(C)CCC(O)(CNCc2cc(C(=O)O)cs2)CC1.